The summed E-state index contributed by atoms with van der Waals surface area (Å²) in [6.45, 7) is 1.78. The maximum Gasteiger partial charge on any atom is 0.317 e. The molecule has 8 fully saturated rings. The van der Waals surface area contributed by atoms with Crippen LogP contribution in [0.5, 0.6) is 0 Å². The van der Waals surface area contributed by atoms with E-state index in [1.54, 1.807) is 4.90 Å². The van der Waals surface area contributed by atoms with E-state index in [0.717, 1.165) is 102 Å². The van der Waals surface area contributed by atoms with Crippen LogP contribution in [0.15, 0.2) is 91.0 Å². The van der Waals surface area contributed by atoms with Crippen LogP contribution in [-0.4, -0.2) is 201 Å². The summed E-state index contributed by atoms with van der Waals surface area (Å²) in [5.74, 6) is -0.750. The number of benzene rings is 3. The van der Waals surface area contributed by atoms with E-state index in [-0.39, 0.29) is 91.7 Å². The number of likely N-dealkylation sites (N-methyl/N-ethyl adjacent to an activating group) is 1. The van der Waals surface area contributed by atoms with E-state index in [1.807, 2.05) is 113 Å². The highest BCUT2D eigenvalue weighted by Gasteiger charge is 2.45. The van der Waals surface area contributed by atoms with Crippen molar-refractivity contribution in [2.75, 3.05) is 86.8 Å². The molecule has 6 bridgehead atoms. The second-order valence-electron chi connectivity index (χ2n) is 28.1. The normalized spacial score (nSPS) is 27.9. The molecule has 0 saturated carbocycles. The second-order valence-corrected chi connectivity index (χ2v) is 32.3. The van der Waals surface area contributed by atoms with Gasteiger partial charge >= 0.3 is 23.9 Å². The highest BCUT2D eigenvalue weighted by Crippen LogP contribution is 2.41. The largest absolute Gasteiger partial charge is 1.00 e. The van der Waals surface area contributed by atoms with Gasteiger partial charge in [-0.25, -0.2) is 0 Å². The number of aliphatic hydroxyl groups is 1. The summed E-state index contributed by atoms with van der Waals surface area (Å²) in [7, 11) is 16.9. The molecule has 15 atom stereocenters. The van der Waals surface area contributed by atoms with Gasteiger partial charge in [-0.2, -0.15) is 11.8 Å². The lowest BCUT2D eigenvalue weighted by Crippen LogP contribution is -3.15. The number of carbonyl (C=O) groups is 5. The van der Waals surface area contributed by atoms with Gasteiger partial charge in [-0.3, -0.25) is 19.2 Å². The van der Waals surface area contributed by atoms with Gasteiger partial charge in [0.15, 0.2) is 0 Å². The maximum atomic E-state index is 13.1. The highest BCUT2D eigenvalue weighted by atomic mass is 127. The van der Waals surface area contributed by atoms with Gasteiger partial charge in [0.25, 0.3) is 0 Å². The van der Waals surface area contributed by atoms with Crippen molar-refractivity contribution in [3.8, 4) is 0 Å². The van der Waals surface area contributed by atoms with Crippen LogP contribution in [0.25, 0.3) is 0 Å². The number of unbranched alkanes of at least 4 members (excludes halogenated alkanes) is 2. The van der Waals surface area contributed by atoms with Crippen LogP contribution in [0.3, 0.4) is 0 Å². The first-order chi connectivity index (χ1) is 44.4. The molecule has 3 aromatic carbocycles. The van der Waals surface area contributed by atoms with Crippen molar-refractivity contribution in [3.05, 3.63) is 108 Å². The number of rotatable bonds is 27. The van der Waals surface area contributed by atoms with E-state index in [1.165, 1.54) is 82.1 Å². The zero-order valence-corrected chi connectivity index (χ0v) is 60.9. The first-order valence-electron chi connectivity index (χ1n) is 34.7. The smallest absolute Gasteiger partial charge is 0.317 e. The molecule has 8 aliphatic rings. The summed E-state index contributed by atoms with van der Waals surface area (Å²) in [4.78, 5) is 67.4. The molecule has 8 saturated heterocycles. The average Bonchev–Trinajstić information content (AvgIpc) is 1.76. The monoisotopic (exact) mass is 1460 g/mol. The minimum Gasteiger partial charge on any atom is -1.00 e. The van der Waals surface area contributed by atoms with Gasteiger partial charge in [0.2, 0.25) is 0 Å². The number of aliphatic carboxylic acids is 1. The van der Waals surface area contributed by atoms with Crippen LogP contribution >= 0.6 is 33.3 Å². The van der Waals surface area contributed by atoms with Crippen LogP contribution < -0.4 is 34.0 Å². The molecule has 10 unspecified atom stereocenters. The van der Waals surface area contributed by atoms with Gasteiger partial charge in [-0.15, -0.1) is 0 Å². The fourth-order valence-electron chi connectivity index (χ4n) is 14.8. The number of carbonyl (C=O) groups excluding carboxylic acids is 5. The summed E-state index contributed by atoms with van der Waals surface area (Å²) in [5, 5.41) is 21.2. The molecule has 8 aliphatic heterocycles. The molecule has 16 nitrogen and oxygen atoms in total. The van der Waals surface area contributed by atoms with Crippen molar-refractivity contribution < 1.29 is 91.2 Å². The van der Waals surface area contributed by atoms with Crippen molar-refractivity contribution in [2.24, 2.45) is 0 Å². The van der Waals surface area contributed by atoms with Crippen LogP contribution in [0.1, 0.15) is 182 Å². The number of ether oxygens (including phenoxy) is 5. The second kappa shape index (κ2) is 39.8. The van der Waals surface area contributed by atoms with Gasteiger partial charge in [0.1, 0.15) is 49.2 Å². The molecular weight excluding hydrogens is 1350 g/mol. The van der Waals surface area contributed by atoms with E-state index in [9.17, 15) is 34.2 Å². The van der Waals surface area contributed by atoms with Crippen LogP contribution in [0.4, 0.5) is 0 Å². The van der Waals surface area contributed by atoms with E-state index in [4.69, 9.17) is 23.7 Å². The van der Waals surface area contributed by atoms with Crippen LogP contribution in [-0.2, 0) is 47.7 Å². The Hall–Kier alpha value is -3.45. The number of esters is 4. The van der Waals surface area contributed by atoms with Crippen molar-refractivity contribution in [1.29, 1.82) is 0 Å². The molecule has 0 aliphatic carbocycles. The van der Waals surface area contributed by atoms with Crippen molar-refractivity contribution in [1.82, 2.24) is 9.80 Å². The standard InChI is InChI=1S/C26H37NO4S.C22H35N2O3.C17H23NO3.C8H14O2S2.HI/c1-27-20-13-14-21(27)17-22(16-20)31-26(29)24(19-8-3-2-4-9-19)18-30-25(28)12-6-5-10-23-11-7-15-32-23;1-23-18-10-11-19(23)15-20(14-18)27-22(25)21(17-8-6-5-7-9-17)16-26-13-12-24(2,3)4;1-18-13-7-8-14(18)10-15(9-13)21-17(20)16(11-19)12-5-3-2-4-6-12;9-8(10)4-2-1-3-7-5-6-11-12-7;/h2-4,8-9,20-24H,5-7,10-18H2,1H3;5-9,18-21H,10-16H2,1-4H3;2-6,13-16,19H,7-11H2,1H3;7H,1-6H2,(H,9,10);1H/q;+1;;;/p-1/t20-,21?,22?,23+,24?;18-,19?,20?,21?;13-,14?,15?,16?;7-;/m0001./s1. The molecule has 0 spiro atoms. The van der Waals surface area contributed by atoms with Crippen molar-refractivity contribution >= 4 is 63.2 Å². The molecule has 11 rings (SSSR count). The highest BCUT2D eigenvalue weighted by molar-refractivity contribution is 8.77. The van der Waals surface area contributed by atoms with Gasteiger partial charge in [-0.05, 0) is 139 Å². The number of fused-ring (bicyclic) bond motifs is 6. The molecule has 2 N–H and O–H groups in total. The Morgan fingerprint density at radius 2 is 1.03 bits per heavy atom. The Labute approximate surface area is 585 Å². The quantitative estimate of drug-likeness (QED) is 0.0208. The number of quaternary nitrogens is 2. The maximum absolute atomic E-state index is 13.1. The minimum atomic E-state index is -0.913. The number of hydrogen-bond acceptors (Lipinski definition) is 17. The summed E-state index contributed by atoms with van der Waals surface area (Å²) < 4.78 is 30.0. The van der Waals surface area contributed by atoms with Crippen molar-refractivity contribution in [3.63, 3.8) is 0 Å². The Morgan fingerprint density at radius 1 is 0.581 bits per heavy atom. The third-order valence-corrected chi connectivity index (χ3v) is 25.0. The predicted molar refractivity (Wildman–Crippen MR) is 365 cm³/mol. The number of carboxylic acid groups (broad SMARTS) is 1. The first-order valence-corrected chi connectivity index (χ1v) is 38.1. The van der Waals surface area contributed by atoms with Crippen molar-refractivity contribution in [2.45, 2.75) is 230 Å². The Bertz CT molecular complexity index is 2650. The molecule has 20 heteroatoms. The molecule has 3 aromatic rings. The number of halogens is 1. The number of aliphatic hydroxyl groups excluding tert-OH is 1. The van der Waals surface area contributed by atoms with Crippen LogP contribution in [0, 0.1) is 0 Å². The summed E-state index contributed by atoms with van der Waals surface area (Å²) in [6.07, 6.45) is 23.7. The van der Waals surface area contributed by atoms with E-state index in [0.29, 0.717) is 55.9 Å². The molecule has 93 heavy (non-hydrogen) atoms. The number of carboxylic acids is 1. The summed E-state index contributed by atoms with van der Waals surface area (Å²) in [6, 6.07) is 32.3. The van der Waals surface area contributed by atoms with Gasteiger partial charge in [0, 0.05) is 78.5 Å². The number of nitrogens with zero attached hydrogens (tertiary/aromatic N) is 3. The predicted octanol–water partition coefficient (Wildman–Crippen LogP) is 6.57. The van der Waals surface area contributed by atoms with Crippen LogP contribution in [0.2, 0.25) is 0 Å². The average molecular weight is 1460 g/mol. The minimum absolute atomic E-state index is 0. The number of nitrogens with one attached hydrogen (secondary N) is 1. The third kappa shape index (κ3) is 25.1. The topological polar surface area (TPSA) is 186 Å². The van der Waals surface area contributed by atoms with E-state index in [2.05, 4.69) is 63.8 Å². The zero-order valence-electron chi connectivity index (χ0n) is 56.3. The van der Waals surface area contributed by atoms with Gasteiger partial charge in [-0.1, -0.05) is 125 Å². The first kappa shape index (κ1) is 76.9. The zero-order chi connectivity index (χ0) is 65.4. The van der Waals surface area contributed by atoms with E-state index >= 15 is 0 Å². The molecule has 518 valence electrons. The number of hydrogen-bond donors (Lipinski definition) is 2. The SMILES string of the molecule is CN1C2CC[C@H]1CC(OC(=O)C(COC(=O)CCCC[C@@H]1CCCS1)c1ccccc1)C2.CN1C2CC[C@H]1CC(OC(=O)C(COCC[N+](C)(C)C)c1ccccc1)C2.C[NH+]1C2CC[C@H]1CC(OC(=O)C(CO)c1ccccc1)C2.O=C([O-])CCCC[C@@H]1CCSS1.[I-]. The lowest BCUT2D eigenvalue weighted by molar-refractivity contribution is -0.923. The third-order valence-electron chi connectivity index (χ3n) is 20.5. The Kier molecular flexibility index (Phi) is 32.9. The number of thioether (sulfide) groups is 1. The lowest BCUT2D eigenvalue weighted by Gasteiger charge is -2.36. The molecule has 0 radical (unpaired) electrons. The summed E-state index contributed by atoms with van der Waals surface area (Å²) in [5.41, 5.74) is 2.65. The molecule has 0 aromatic heterocycles. The molecule has 0 amide bonds. The van der Waals surface area contributed by atoms with Gasteiger partial charge < -0.3 is 81.9 Å². The summed E-state index contributed by atoms with van der Waals surface area (Å²) >= 11 is 2.06. The fraction of sp³-hybridized carbons (Fsp3) is 0.685. The lowest BCUT2D eigenvalue weighted by atomic mass is 9.98. The Balaban J connectivity index is 0.000000183. The fourth-order valence-corrected chi connectivity index (χ4v) is 19.1. The molecular formula is C73H109IN4O12S3. The van der Waals surface area contributed by atoms with Gasteiger partial charge in [0.05, 0.1) is 60.1 Å². The van der Waals surface area contributed by atoms with E-state index < -0.39 is 17.8 Å². The number of piperidine rings is 3. The Morgan fingerprint density at radius 3 is 1.47 bits per heavy atom. The molecule has 8 heterocycles.